The molecule has 3 saturated carbocycles. The van der Waals surface area contributed by atoms with E-state index in [2.05, 4.69) is 25.2 Å². The maximum atomic E-state index is 11.7. The van der Waals surface area contributed by atoms with Crippen molar-refractivity contribution in [3.63, 3.8) is 0 Å². The highest BCUT2D eigenvalue weighted by Crippen LogP contribution is 2.64. The highest BCUT2D eigenvalue weighted by Gasteiger charge is 2.59. The van der Waals surface area contributed by atoms with Crippen molar-refractivity contribution in [3.8, 4) is 0 Å². The van der Waals surface area contributed by atoms with Gasteiger partial charge in [0.25, 0.3) is 0 Å². The van der Waals surface area contributed by atoms with E-state index in [0.29, 0.717) is 29.9 Å². The summed E-state index contributed by atoms with van der Waals surface area (Å²) in [5.41, 5.74) is 0.482. The molecule has 0 spiro atoms. The molecule has 0 aromatic heterocycles. The van der Waals surface area contributed by atoms with Crippen LogP contribution in [-0.2, 0) is 4.79 Å². The number of carbonyl (C=O) groups excluding carboxylic acids is 1. The zero-order valence-electron chi connectivity index (χ0n) is 13.8. The van der Waals surface area contributed by atoms with Crippen molar-refractivity contribution >= 4 is 5.91 Å². The highest BCUT2D eigenvalue weighted by atomic mass is 16.3. The monoisotopic (exact) mass is 303 g/mol. The van der Waals surface area contributed by atoms with Gasteiger partial charge in [-0.1, -0.05) is 19.9 Å². The third-order valence-electron chi connectivity index (χ3n) is 8.10. The molecule has 0 saturated heterocycles. The lowest BCUT2D eigenvalue weighted by atomic mass is 9.48. The van der Waals surface area contributed by atoms with Crippen LogP contribution < -0.4 is 5.32 Å². The van der Waals surface area contributed by atoms with Crippen LogP contribution in [0.3, 0.4) is 0 Å². The van der Waals surface area contributed by atoms with Crippen molar-refractivity contribution in [2.75, 3.05) is 6.61 Å². The first-order valence-corrected chi connectivity index (χ1v) is 9.09. The Morgan fingerprint density at radius 1 is 1.18 bits per heavy atom. The van der Waals surface area contributed by atoms with E-state index in [1.165, 1.54) is 32.1 Å². The van der Waals surface area contributed by atoms with E-state index in [4.69, 9.17) is 0 Å². The maximum absolute atomic E-state index is 11.7. The number of amides is 1. The van der Waals surface area contributed by atoms with Gasteiger partial charge in [0.05, 0.1) is 0 Å². The number of rotatable bonds is 1. The Balaban J connectivity index is 1.66. The SMILES string of the molecule is CC12C=CC(=O)NC1CCC1C2CCC2(C)C(CO)CCC12. The van der Waals surface area contributed by atoms with Crippen molar-refractivity contribution in [3.05, 3.63) is 12.2 Å². The van der Waals surface area contributed by atoms with Crippen LogP contribution in [0.1, 0.15) is 52.4 Å². The number of nitrogens with one attached hydrogen (secondary N) is 1. The topological polar surface area (TPSA) is 49.3 Å². The summed E-state index contributed by atoms with van der Waals surface area (Å²) in [6.45, 7) is 5.17. The van der Waals surface area contributed by atoms with Crippen molar-refractivity contribution in [1.29, 1.82) is 0 Å². The maximum Gasteiger partial charge on any atom is 0.243 e. The van der Waals surface area contributed by atoms with Crippen LogP contribution in [0.4, 0.5) is 0 Å². The third-order valence-corrected chi connectivity index (χ3v) is 8.10. The second-order valence-electron chi connectivity index (χ2n) is 8.72. The molecule has 4 rings (SSSR count). The zero-order valence-corrected chi connectivity index (χ0v) is 13.8. The number of fused-ring (bicyclic) bond motifs is 5. The van der Waals surface area contributed by atoms with E-state index in [1.54, 1.807) is 6.08 Å². The van der Waals surface area contributed by atoms with Crippen LogP contribution in [0.2, 0.25) is 0 Å². The fraction of sp³-hybridized carbons (Fsp3) is 0.842. The molecule has 2 N–H and O–H groups in total. The molecule has 1 aliphatic heterocycles. The molecule has 4 aliphatic rings. The van der Waals surface area contributed by atoms with Gasteiger partial charge in [-0.15, -0.1) is 0 Å². The van der Waals surface area contributed by atoms with Gasteiger partial charge in [0.2, 0.25) is 5.91 Å². The summed E-state index contributed by atoms with van der Waals surface area (Å²) in [6, 6.07) is 0.325. The summed E-state index contributed by atoms with van der Waals surface area (Å²) >= 11 is 0. The fourth-order valence-corrected chi connectivity index (χ4v) is 6.74. The van der Waals surface area contributed by atoms with Crippen LogP contribution >= 0.6 is 0 Å². The predicted molar refractivity (Wildman–Crippen MR) is 86.0 cm³/mol. The van der Waals surface area contributed by atoms with Gasteiger partial charge in [0.1, 0.15) is 0 Å². The molecule has 0 radical (unpaired) electrons. The van der Waals surface area contributed by atoms with Gasteiger partial charge in [-0.2, -0.15) is 0 Å². The average molecular weight is 303 g/mol. The predicted octanol–water partition coefficient (Wildman–Crippen LogP) is 2.89. The van der Waals surface area contributed by atoms with Crippen molar-refractivity contribution in [1.82, 2.24) is 5.32 Å². The third kappa shape index (κ3) is 1.81. The molecule has 1 heterocycles. The number of aliphatic hydroxyl groups is 1. The Morgan fingerprint density at radius 3 is 2.77 bits per heavy atom. The van der Waals surface area contributed by atoms with Gasteiger partial charge < -0.3 is 10.4 Å². The normalized spacial score (nSPS) is 53.4. The van der Waals surface area contributed by atoms with E-state index < -0.39 is 0 Å². The Hall–Kier alpha value is -0.830. The standard InChI is InChI=1S/C19H29NO2/c1-18-9-7-15-13(14(18)5-3-12(18)11-21)4-6-16-19(15,2)10-8-17(22)20-16/h8,10,12-16,21H,3-7,9,11H2,1-2H3,(H,20,22). The molecule has 0 aromatic rings. The van der Waals surface area contributed by atoms with Crippen LogP contribution in [0, 0.1) is 34.5 Å². The summed E-state index contributed by atoms with van der Waals surface area (Å²) in [6.07, 6.45) is 11.3. The van der Waals surface area contributed by atoms with Gasteiger partial charge in [0, 0.05) is 18.1 Å². The summed E-state index contributed by atoms with van der Waals surface area (Å²) < 4.78 is 0. The molecule has 3 heteroatoms. The molecule has 7 atom stereocenters. The Labute approximate surface area is 133 Å². The van der Waals surface area contributed by atoms with Gasteiger partial charge in [0.15, 0.2) is 0 Å². The quantitative estimate of drug-likeness (QED) is 0.782. The number of aliphatic hydroxyl groups excluding tert-OH is 1. The largest absolute Gasteiger partial charge is 0.396 e. The molecule has 22 heavy (non-hydrogen) atoms. The Bertz CT molecular complexity index is 516. The first-order valence-electron chi connectivity index (χ1n) is 9.09. The molecule has 0 bridgehead atoms. The lowest BCUT2D eigenvalue weighted by Crippen LogP contribution is -2.59. The summed E-state index contributed by atoms with van der Waals surface area (Å²) in [5, 5.41) is 13.0. The zero-order chi connectivity index (χ0) is 15.5. The number of hydrogen-bond donors (Lipinski definition) is 2. The molecule has 1 amide bonds. The lowest BCUT2D eigenvalue weighted by molar-refractivity contribution is -0.122. The molecule has 122 valence electrons. The molecular weight excluding hydrogens is 274 g/mol. The molecule has 3 fully saturated rings. The second kappa shape index (κ2) is 4.83. The van der Waals surface area contributed by atoms with E-state index in [0.717, 1.165) is 18.3 Å². The van der Waals surface area contributed by atoms with Crippen LogP contribution in [0.5, 0.6) is 0 Å². The molecule has 0 aromatic carbocycles. The van der Waals surface area contributed by atoms with Crippen LogP contribution in [0.25, 0.3) is 0 Å². The summed E-state index contributed by atoms with van der Waals surface area (Å²) in [5.74, 6) is 2.83. The number of hydrogen-bond acceptors (Lipinski definition) is 2. The summed E-state index contributed by atoms with van der Waals surface area (Å²) in [4.78, 5) is 11.7. The summed E-state index contributed by atoms with van der Waals surface area (Å²) in [7, 11) is 0. The minimum absolute atomic E-state index is 0.0859. The van der Waals surface area contributed by atoms with E-state index in [9.17, 15) is 9.90 Å². The molecular formula is C19H29NO2. The van der Waals surface area contributed by atoms with Crippen molar-refractivity contribution < 1.29 is 9.90 Å². The minimum Gasteiger partial charge on any atom is -0.396 e. The molecule has 3 aliphatic carbocycles. The van der Waals surface area contributed by atoms with E-state index >= 15 is 0 Å². The highest BCUT2D eigenvalue weighted by molar-refractivity contribution is 5.89. The lowest BCUT2D eigenvalue weighted by Gasteiger charge is -2.58. The van der Waals surface area contributed by atoms with Crippen molar-refractivity contribution in [2.45, 2.75) is 58.4 Å². The van der Waals surface area contributed by atoms with Crippen LogP contribution in [-0.4, -0.2) is 23.7 Å². The van der Waals surface area contributed by atoms with E-state index in [1.807, 2.05) is 0 Å². The van der Waals surface area contributed by atoms with Gasteiger partial charge in [-0.3, -0.25) is 4.79 Å². The van der Waals surface area contributed by atoms with E-state index in [-0.39, 0.29) is 11.3 Å². The van der Waals surface area contributed by atoms with Gasteiger partial charge >= 0.3 is 0 Å². The first-order chi connectivity index (χ1) is 10.5. The Kier molecular flexibility index (Phi) is 3.24. The second-order valence-corrected chi connectivity index (χ2v) is 8.72. The average Bonchev–Trinajstić information content (AvgIpc) is 2.84. The van der Waals surface area contributed by atoms with Crippen molar-refractivity contribution in [2.24, 2.45) is 34.5 Å². The van der Waals surface area contributed by atoms with Crippen LogP contribution in [0.15, 0.2) is 12.2 Å². The Morgan fingerprint density at radius 2 is 2.00 bits per heavy atom. The molecule has 7 unspecified atom stereocenters. The first kappa shape index (κ1) is 14.7. The van der Waals surface area contributed by atoms with Gasteiger partial charge in [-0.05, 0) is 73.7 Å². The molecule has 3 nitrogen and oxygen atoms in total. The number of carbonyl (C=O) groups is 1. The van der Waals surface area contributed by atoms with Gasteiger partial charge in [-0.25, -0.2) is 0 Å². The smallest absolute Gasteiger partial charge is 0.243 e. The minimum atomic E-state index is 0.0859. The fourth-order valence-electron chi connectivity index (χ4n) is 6.74.